The van der Waals surface area contributed by atoms with Gasteiger partial charge in [-0.3, -0.25) is 0 Å². The van der Waals surface area contributed by atoms with Gasteiger partial charge in [-0.2, -0.15) is 8.42 Å². The van der Waals surface area contributed by atoms with E-state index in [9.17, 15) is 13.5 Å². The van der Waals surface area contributed by atoms with Crippen LogP contribution < -0.4 is 4.74 Å². The van der Waals surface area contributed by atoms with Crippen molar-refractivity contribution in [2.45, 2.75) is 31.6 Å². The first-order valence-electron chi connectivity index (χ1n) is 8.57. The Labute approximate surface area is 157 Å². The zero-order chi connectivity index (χ0) is 19.6. The van der Waals surface area contributed by atoms with Crippen LogP contribution in [0.3, 0.4) is 0 Å². The maximum absolute atomic E-state index is 12.4. The van der Waals surface area contributed by atoms with Gasteiger partial charge in [0.25, 0.3) is 10.0 Å². The van der Waals surface area contributed by atoms with E-state index in [1.807, 2.05) is 39.0 Å². The number of benzene rings is 2. The topological polar surface area (TPSA) is 104 Å². The highest BCUT2D eigenvalue weighted by atomic mass is 32.2. The minimum absolute atomic E-state index is 0.00287. The number of aromatic hydroxyl groups is 1. The van der Waals surface area contributed by atoms with Crippen molar-refractivity contribution in [1.82, 2.24) is 4.98 Å². The summed E-state index contributed by atoms with van der Waals surface area (Å²) in [6, 6.07) is 11.6. The summed E-state index contributed by atoms with van der Waals surface area (Å²) < 4.78 is 33.7. The smallest absolute Gasteiger partial charge is 0.299 e. The van der Waals surface area contributed by atoms with E-state index in [1.54, 1.807) is 12.1 Å². The number of fused-ring (bicyclic) bond motifs is 1. The molecule has 0 bridgehead atoms. The monoisotopic (exact) mass is 387 g/mol. The first-order chi connectivity index (χ1) is 12.8. The van der Waals surface area contributed by atoms with Gasteiger partial charge >= 0.3 is 0 Å². The molecule has 7 nitrogen and oxygen atoms in total. The van der Waals surface area contributed by atoms with Gasteiger partial charge in [0, 0.05) is 5.39 Å². The number of nitrogens with one attached hydrogen (secondary N) is 1. The third kappa shape index (κ3) is 3.95. The molecule has 27 heavy (non-hydrogen) atoms. The lowest BCUT2D eigenvalue weighted by Crippen LogP contribution is -1.96. The lowest BCUT2D eigenvalue weighted by molar-refractivity contribution is 0.340. The summed E-state index contributed by atoms with van der Waals surface area (Å²) in [4.78, 5) is 2.78. The number of H-pyrrole nitrogens is 1. The number of ether oxygens (including phenoxy) is 1. The maximum atomic E-state index is 12.4. The average Bonchev–Trinajstić information content (AvgIpc) is 2.95. The Morgan fingerprint density at radius 2 is 1.85 bits per heavy atom. The van der Waals surface area contributed by atoms with Crippen LogP contribution in [0.1, 0.15) is 32.3 Å². The highest BCUT2D eigenvalue weighted by Gasteiger charge is 2.16. The van der Waals surface area contributed by atoms with Crippen LogP contribution >= 0.6 is 0 Å². The van der Waals surface area contributed by atoms with E-state index in [0.29, 0.717) is 23.3 Å². The number of aromatic nitrogens is 1. The van der Waals surface area contributed by atoms with E-state index in [1.165, 1.54) is 12.1 Å². The molecule has 0 saturated heterocycles. The van der Waals surface area contributed by atoms with Crippen LogP contribution in [0.4, 0.5) is 5.69 Å². The number of aromatic amines is 1. The van der Waals surface area contributed by atoms with Crippen LogP contribution in [-0.4, -0.2) is 25.1 Å². The number of hydrogen-bond donors (Lipinski definition) is 2. The van der Waals surface area contributed by atoms with Gasteiger partial charge in [0.05, 0.1) is 17.0 Å². The van der Waals surface area contributed by atoms with E-state index in [0.717, 1.165) is 5.56 Å². The zero-order valence-electron chi connectivity index (χ0n) is 15.3. The van der Waals surface area contributed by atoms with Crippen LogP contribution in [-0.2, 0) is 10.0 Å². The van der Waals surface area contributed by atoms with Gasteiger partial charge in [-0.1, -0.05) is 24.4 Å². The van der Waals surface area contributed by atoms with E-state index in [4.69, 9.17) is 4.74 Å². The number of rotatable bonds is 6. The quantitative estimate of drug-likeness (QED) is 0.589. The second-order valence-electron chi connectivity index (χ2n) is 6.34. The third-order valence-corrected chi connectivity index (χ3v) is 5.29. The summed E-state index contributed by atoms with van der Waals surface area (Å²) >= 11 is 0. The van der Waals surface area contributed by atoms with Crippen LogP contribution in [0.2, 0.25) is 0 Å². The molecule has 0 aliphatic heterocycles. The highest BCUT2D eigenvalue weighted by molar-refractivity contribution is 7.90. The predicted octanol–water partition coefficient (Wildman–Crippen LogP) is 4.87. The van der Waals surface area contributed by atoms with Crippen molar-refractivity contribution >= 4 is 26.6 Å². The normalized spacial score (nSPS) is 12.3. The van der Waals surface area contributed by atoms with Crippen molar-refractivity contribution in [1.29, 1.82) is 0 Å². The second kappa shape index (κ2) is 7.40. The lowest BCUT2D eigenvalue weighted by atomic mass is 10.0. The predicted molar refractivity (Wildman–Crippen MR) is 103 cm³/mol. The van der Waals surface area contributed by atoms with E-state index >= 15 is 0 Å². The van der Waals surface area contributed by atoms with Crippen LogP contribution in [0.5, 0.6) is 11.6 Å². The number of hydrogen-bond acceptors (Lipinski definition) is 5. The Hall–Kier alpha value is -2.87. The molecule has 0 unspecified atom stereocenters. The van der Waals surface area contributed by atoms with Gasteiger partial charge in [0.15, 0.2) is 5.69 Å². The molecule has 3 aromatic rings. The zero-order valence-corrected chi connectivity index (χ0v) is 16.1. The third-order valence-electron chi connectivity index (χ3n) is 4.12. The van der Waals surface area contributed by atoms with Gasteiger partial charge in [-0.05, 0) is 54.8 Å². The maximum Gasteiger partial charge on any atom is 0.299 e. The van der Waals surface area contributed by atoms with Gasteiger partial charge in [0.2, 0.25) is 5.88 Å². The molecule has 0 saturated carbocycles. The van der Waals surface area contributed by atoms with Crippen LogP contribution in [0.15, 0.2) is 57.0 Å². The first-order valence-corrected chi connectivity index (χ1v) is 10.0. The van der Waals surface area contributed by atoms with E-state index < -0.39 is 10.0 Å². The van der Waals surface area contributed by atoms with Crippen molar-refractivity contribution in [2.24, 2.45) is 9.63 Å². The molecule has 8 heteroatoms. The van der Waals surface area contributed by atoms with Gasteiger partial charge in [-0.15, -0.1) is 5.11 Å². The highest BCUT2D eigenvalue weighted by Crippen LogP contribution is 2.37. The molecule has 3 rings (SSSR count). The average molecular weight is 387 g/mol. The summed E-state index contributed by atoms with van der Waals surface area (Å²) in [5, 5.41) is 14.5. The Balaban J connectivity index is 1.96. The van der Waals surface area contributed by atoms with Crippen LogP contribution in [0.25, 0.3) is 10.9 Å². The molecule has 0 aliphatic rings. The van der Waals surface area contributed by atoms with Crippen molar-refractivity contribution in [3.05, 3.63) is 48.0 Å². The number of sulfonamides is 1. The van der Waals surface area contributed by atoms with Gasteiger partial charge < -0.3 is 14.8 Å². The Bertz CT molecular complexity index is 1080. The Kier molecular flexibility index (Phi) is 5.18. The molecule has 0 radical (unpaired) electrons. The largest absolute Gasteiger partial charge is 0.494 e. The van der Waals surface area contributed by atoms with Gasteiger partial charge in [-0.25, -0.2) is 0 Å². The van der Waals surface area contributed by atoms with Crippen LogP contribution in [0, 0.1) is 0 Å². The first kappa shape index (κ1) is 18.9. The molecular formula is C19H21N3O4S. The molecular weight excluding hydrogens is 366 g/mol. The molecule has 2 N–H and O–H groups in total. The molecule has 0 fully saturated rings. The molecule has 0 spiro atoms. The fraction of sp³-hybridized carbons (Fsp3) is 0.263. The molecule has 1 aromatic heterocycles. The fourth-order valence-corrected chi connectivity index (χ4v) is 3.42. The minimum Gasteiger partial charge on any atom is -0.494 e. The summed E-state index contributed by atoms with van der Waals surface area (Å²) in [5.41, 5.74) is 1.80. The summed E-state index contributed by atoms with van der Waals surface area (Å²) in [6.45, 7) is 6.43. The minimum atomic E-state index is -4.00. The summed E-state index contributed by atoms with van der Waals surface area (Å²) in [6.07, 6.45) is 0. The molecule has 0 amide bonds. The summed E-state index contributed by atoms with van der Waals surface area (Å²) in [7, 11) is -4.00. The van der Waals surface area contributed by atoms with Crippen molar-refractivity contribution < 1.29 is 18.3 Å². The van der Waals surface area contributed by atoms with Crippen molar-refractivity contribution in [3.8, 4) is 11.6 Å². The molecule has 142 valence electrons. The molecule has 2 aromatic carbocycles. The van der Waals surface area contributed by atoms with Crippen molar-refractivity contribution in [2.75, 3.05) is 6.61 Å². The Morgan fingerprint density at radius 3 is 2.48 bits per heavy atom. The van der Waals surface area contributed by atoms with E-state index in [-0.39, 0.29) is 22.4 Å². The second-order valence-corrected chi connectivity index (χ2v) is 7.93. The standard InChI is InChI=1S/C19H21N3O4S/c1-4-26-14-6-8-15(9-7-14)27(24,25)22-21-18-16-11-13(12(2)3)5-10-17(16)20-19(18)23/h5-12,20,23H,4H2,1-3H3. The fourth-order valence-electron chi connectivity index (χ4n) is 2.66. The molecule has 0 atom stereocenters. The SMILES string of the molecule is CCOc1ccc(S(=O)(=O)N=Nc2c(O)[nH]c3ccc(C(C)C)cc23)cc1. The lowest BCUT2D eigenvalue weighted by Gasteiger charge is -2.04. The Morgan fingerprint density at radius 1 is 1.15 bits per heavy atom. The number of nitrogens with zero attached hydrogens (tertiary/aromatic N) is 2. The van der Waals surface area contributed by atoms with E-state index in [2.05, 4.69) is 14.6 Å². The molecule has 1 heterocycles. The van der Waals surface area contributed by atoms with Gasteiger partial charge in [0.1, 0.15) is 5.75 Å². The van der Waals surface area contributed by atoms with Crippen molar-refractivity contribution in [3.63, 3.8) is 0 Å². The summed E-state index contributed by atoms with van der Waals surface area (Å²) in [5.74, 6) is 0.629. The molecule has 0 aliphatic carbocycles.